The van der Waals surface area contributed by atoms with Crippen molar-refractivity contribution in [3.63, 3.8) is 0 Å². The maximum atomic E-state index is 12.9. The minimum atomic E-state index is -4.66. The van der Waals surface area contributed by atoms with Crippen LogP contribution >= 0.6 is 11.6 Å². The summed E-state index contributed by atoms with van der Waals surface area (Å²) in [6, 6.07) is 7.24. The standard InChI is InChI=1S/C18H15ClF3NO5/c1-26-11-4-5-12(17(25)27-2)15(8-11)28-9-16(24)23-10-3-6-14(19)13(7-10)18(20,21)22/h3-8H,9H2,1-2H3,(H,23,24). The summed E-state index contributed by atoms with van der Waals surface area (Å²) in [5.41, 5.74) is -1.13. The third-order valence-corrected chi connectivity index (χ3v) is 3.84. The van der Waals surface area contributed by atoms with Gasteiger partial charge in [0, 0.05) is 11.8 Å². The van der Waals surface area contributed by atoms with E-state index in [-0.39, 0.29) is 17.0 Å². The maximum Gasteiger partial charge on any atom is 0.417 e. The number of nitrogens with one attached hydrogen (secondary N) is 1. The highest BCUT2D eigenvalue weighted by Crippen LogP contribution is 2.36. The third-order valence-electron chi connectivity index (χ3n) is 3.51. The SMILES string of the molecule is COC(=O)c1ccc(OC)cc1OCC(=O)Nc1ccc(Cl)c(C(F)(F)F)c1. The molecule has 2 aromatic carbocycles. The molecule has 0 bridgehead atoms. The Kier molecular flexibility index (Phi) is 6.74. The fourth-order valence-corrected chi connectivity index (χ4v) is 2.41. The molecule has 1 amide bonds. The highest BCUT2D eigenvalue weighted by atomic mass is 35.5. The number of carbonyl (C=O) groups is 2. The number of methoxy groups -OCH3 is 2. The second-order valence-corrected chi connectivity index (χ2v) is 5.79. The summed E-state index contributed by atoms with van der Waals surface area (Å²) in [4.78, 5) is 23.8. The molecule has 28 heavy (non-hydrogen) atoms. The first-order valence-corrected chi connectivity index (χ1v) is 8.09. The number of hydrogen-bond acceptors (Lipinski definition) is 5. The molecule has 0 aliphatic heterocycles. The second-order valence-electron chi connectivity index (χ2n) is 5.38. The van der Waals surface area contributed by atoms with Gasteiger partial charge in [0.05, 0.1) is 24.8 Å². The van der Waals surface area contributed by atoms with Crippen LogP contribution in [0.15, 0.2) is 36.4 Å². The average Bonchev–Trinajstić information content (AvgIpc) is 2.66. The third kappa shape index (κ3) is 5.29. The Hall–Kier alpha value is -2.94. The number of ether oxygens (including phenoxy) is 3. The normalized spacial score (nSPS) is 10.9. The molecule has 1 N–H and O–H groups in total. The number of hydrogen-bond donors (Lipinski definition) is 1. The predicted molar refractivity (Wildman–Crippen MR) is 94.9 cm³/mol. The molecule has 0 aliphatic carbocycles. The molecule has 0 aromatic heterocycles. The number of benzene rings is 2. The smallest absolute Gasteiger partial charge is 0.417 e. The van der Waals surface area contributed by atoms with Gasteiger partial charge in [0.1, 0.15) is 17.1 Å². The van der Waals surface area contributed by atoms with Crippen LogP contribution < -0.4 is 14.8 Å². The molecule has 0 atom stereocenters. The first-order chi connectivity index (χ1) is 13.2. The molecule has 10 heteroatoms. The van der Waals surface area contributed by atoms with E-state index in [0.29, 0.717) is 11.8 Å². The number of halogens is 4. The Morgan fingerprint density at radius 1 is 1.11 bits per heavy atom. The molecule has 150 valence electrons. The predicted octanol–water partition coefficient (Wildman–Crippen LogP) is 4.17. The van der Waals surface area contributed by atoms with Crippen LogP contribution in [0.3, 0.4) is 0 Å². The Balaban J connectivity index is 2.12. The summed E-state index contributed by atoms with van der Waals surface area (Å²) in [6.45, 7) is -0.568. The van der Waals surface area contributed by atoms with E-state index in [4.69, 9.17) is 21.1 Å². The number of rotatable bonds is 6. The molecular weight excluding hydrogens is 403 g/mol. The Morgan fingerprint density at radius 2 is 1.82 bits per heavy atom. The van der Waals surface area contributed by atoms with E-state index >= 15 is 0 Å². The lowest BCUT2D eigenvalue weighted by molar-refractivity contribution is -0.137. The van der Waals surface area contributed by atoms with E-state index in [1.54, 1.807) is 0 Å². The fraction of sp³-hybridized carbons (Fsp3) is 0.222. The largest absolute Gasteiger partial charge is 0.497 e. The van der Waals surface area contributed by atoms with E-state index in [1.807, 2.05) is 0 Å². The van der Waals surface area contributed by atoms with Crippen molar-refractivity contribution in [1.29, 1.82) is 0 Å². The van der Waals surface area contributed by atoms with Crippen molar-refractivity contribution in [1.82, 2.24) is 0 Å². The van der Waals surface area contributed by atoms with Gasteiger partial charge in [-0.15, -0.1) is 0 Å². The quantitative estimate of drug-likeness (QED) is 0.714. The van der Waals surface area contributed by atoms with Gasteiger partial charge in [-0.2, -0.15) is 13.2 Å². The van der Waals surface area contributed by atoms with Crippen molar-refractivity contribution in [2.75, 3.05) is 26.1 Å². The molecule has 0 saturated carbocycles. The molecule has 0 aliphatic rings. The van der Waals surface area contributed by atoms with Gasteiger partial charge in [0.2, 0.25) is 0 Å². The van der Waals surface area contributed by atoms with E-state index in [2.05, 4.69) is 10.1 Å². The number of anilines is 1. The van der Waals surface area contributed by atoms with Crippen molar-refractivity contribution in [3.05, 3.63) is 52.5 Å². The Bertz CT molecular complexity index is 886. The Morgan fingerprint density at radius 3 is 2.43 bits per heavy atom. The van der Waals surface area contributed by atoms with Crippen molar-refractivity contribution in [2.45, 2.75) is 6.18 Å². The molecule has 0 spiro atoms. The van der Waals surface area contributed by atoms with E-state index in [1.165, 1.54) is 38.5 Å². The van der Waals surface area contributed by atoms with Gasteiger partial charge in [-0.25, -0.2) is 4.79 Å². The van der Waals surface area contributed by atoms with E-state index in [9.17, 15) is 22.8 Å². The summed E-state index contributed by atoms with van der Waals surface area (Å²) < 4.78 is 53.6. The van der Waals surface area contributed by atoms with Crippen LogP contribution in [0.25, 0.3) is 0 Å². The van der Waals surface area contributed by atoms with Crippen LogP contribution in [0.1, 0.15) is 15.9 Å². The van der Waals surface area contributed by atoms with Gasteiger partial charge >= 0.3 is 12.1 Å². The molecule has 0 saturated heterocycles. The van der Waals surface area contributed by atoms with Gasteiger partial charge in [-0.1, -0.05) is 11.6 Å². The minimum Gasteiger partial charge on any atom is -0.497 e. The van der Waals surface area contributed by atoms with Crippen LogP contribution in [0.5, 0.6) is 11.5 Å². The maximum absolute atomic E-state index is 12.9. The molecule has 0 fully saturated rings. The van der Waals surface area contributed by atoms with Crippen LogP contribution in [-0.4, -0.2) is 32.7 Å². The first kappa shape index (κ1) is 21.4. The lowest BCUT2D eigenvalue weighted by atomic mass is 10.2. The van der Waals surface area contributed by atoms with Gasteiger partial charge in [-0.05, 0) is 30.3 Å². The van der Waals surface area contributed by atoms with Gasteiger partial charge in [0.15, 0.2) is 6.61 Å². The minimum absolute atomic E-state index is 0.0217. The molecule has 0 unspecified atom stereocenters. The van der Waals surface area contributed by atoms with Gasteiger partial charge in [0.25, 0.3) is 5.91 Å². The lowest BCUT2D eigenvalue weighted by Gasteiger charge is -2.13. The van der Waals surface area contributed by atoms with Gasteiger partial charge in [-0.3, -0.25) is 4.79 Å². The zero-order valence-electron chi connectivity index (χ0n) is 14.7. The highest BCUT2D eigenvalue weighted by Gasteiger charge is 2.33. The fourth-order valence-electron chi connectivity index (χ4n) is 2.19. The number of amides is 1. The summed E-state index contributed by atoms with van der Waals surface area (Å²) in [5.74, 6) is -1.04. The summed E-state index contributed by atoms with van der Waals surface area (Å²) in [6.07, 6.45) is -4.66. The molecule has 2 rings (SSSR count). The summed E-state index contributed by atoms with van der Waals surface area (Å²) in [7, 11) is 2.59. The van der Waals surface area contributed by atoms with E-state index < -0.39 is 35.2 Å². The second kappa shape index (κ2) is 8.83. The van der Waals surface area contributed by atoms with Crippen LogP contribution in [0.4, 0.5) is 18.9 Å². The summed E-state index contributed by atoms with van der Waals surface area (Å²) >= 11 is 5.53. The van der Waals surface area contributed by atoms with E-state index in [0.717, 1.165) is 6.07 Å². The first-order valence-electron chi connectivity index (χ1n) is 7.71. The number of esters is 1. The van der Waals surface area contributed by atoms with Crippen molar-refractivity contribution >= 4 is 29.2 Å². The lowest BCUT2D eigenvalue weighted by Crippen LogP contribution is -2.21. The van der Waals surface area contributed by atoms with Crippen molar-refractivity contribution in [3.8, 4) is 11.5 Å². The molecule has 2 aromatic rings. The molecule has 0 heterocycles. The summed E-state index contributed by atoms with van der Waals surface area (Å²) in [5, 5.41) is 1.79. The monoisotopic (exact) mass is 417 g/mol. The zero-order valence-corrected chi connectivity index (χ0v) is 15.5. The number of carbonyl (C=O) groups excluding carboxylic acids is 2. The topological polar surface area (TPSA) is 73.9 Å². The average molecular weight is 418 g/mol. The number of alkyl halides is 3. The van der Waals surface area contributed by atoms with Crippen LogP contribution in [0, 0.1) is 0 Å². The highest BCUT2D eigenvalue weighted by molar-refractivity contribution is 6.31. The van der Waals surface area contributed by atoms with Crippen LogP contribution in [0.2, 0.25) is 5.02 Å². The van der Waals surface area contributed by atoms with Crippen LogP contribution in [-0.2, 0) is 15.7 Å². The van der Waals surface area contributed by atoms with Gasteiger partial charge < -0.3 is 19.5 Å². The molecular formula is C18H15ClF3NO5. The zero-order chi connectivity index (χ0) is 20.9. The molecule has 0 radical (unpaired) electrons. The van der Waals surface area contributed by atoms with Crippen molar-refractivity contribution < 1.29 is 37.0 Å². The van der Waals surface area contributed by atoms with Crippen molar-refractivity contribution in [2.24, 2.45) is 0 Å². The molecule has 6 nitrogen and oxygen atoms in total. The Labute approximate surface area is 163 Å².